The van der Waals surface area contributed by atoms with Gasteiger partial charge in [0.25, 0.3) is 0 Å². The average molecular weight is 380 g/mol. The van der Waals surface area contributed by atoms with Gasteiger partial charge in [0.1, 0.15) is 0 Å². The Kier molecular flexibility index (Phi) is 3.98. The van der Waals surface area contributed by atoms with Crippen molar-refractivity contribution >= 4 is 10.9 Å². The van der Waals surface area contributed by atoms with Gasteiger partial charge in [-0.1, -0.05) is 6.07 Å². The summed E-state index contributed by atoms with van der Waals surface area (Å²) in [5.74, 6) is 0. The third-order valence-corrected chi connectivity index (χ3v) is 4.69. The van der Waals surface area contributed by atoms with Crippen molar-refractivity contribution in [3.8, 4) is 22.8 Å². The molecule has 0 aliphatic rings. The van der Waals surface area contributed by atoms with E-state index in [0.717, 1.165) is 28.0 Å². The van der Waals surface area contributed by atoms with E-state index < -0.39 is 0 Å². The Hall–Kier alpha value is -4.13. The molecule has 7 nitrogen and oxygen atoms in total. The monoisotopic (exact) mass is 380 g/mol. The largest absolute Gasteiger partial charge is 0.287 e. The van der Waals surface area contributed by atoms with Crippen LogP contribution in [0.25, 0.3) is 33.7 Å². The van der Waals surface area contributed by atoms with Crippen LogP contribution in [0.3, 0.4) is 0 Å². The summed E-state index contributed by atoms with van der Waals surface area (Å²) in [5, 5.41) is 10.00. The topological polar surface area (TPSA) is 78.5 Å². The van der Waals surface area contributed by atoms with Gasteiger partial charge in [-0.25, -0.2) is 9.36 Å². The zero-order valence-corrected chi connectivity index (χ0v) is 15.6. The summed E-state index contributed by atoms with van der Waals surface area (Å²) in [6.07, 6.45) is 6.80. The molecule has 0 radical (unpaired) electrons. The van der Waals surface area contributed by atoms with E-state index in [2.05, 4.69) is 20.2 Å². The van der Waals surface area contributed by atoms with Gasteiger partial charge < -0.3 is 0 Å². The van der Waals surface area contributed by atoms with Crippen molar-refractivity contribution in [1.29, 1.82) is 0 Å². The quantitative estimate of drug-likeness (QED) is 0.480. The number of hydrogen-bond donors (Lipinski definition) is 0. The smallest absolute Gasteiger partial charge is 0.209 e. The third kappa shape index (κ3) is 2.98. The molecule has 0 amide bonds. The fourth-order valence-electron chi connectivity index (χ4n) is 3.35. The molecule has 0 saturated heterocycles. The minimum Gasteiger partial charge on any atom is -0.287 e. The number of nitrogens with zero attached hydrogens (tertiary/aromatic N) is 6. The number of aryl methyl sites for hydroxylation is 1. The Morgan fingerprint density at radius 1 is 0.897 bits per heavy atom. The molecule has 0 spiro atoms. The van der Waals surface area contributed by atoms with Crippen LogP contribution in [0.2, 0.25) is 0 Å². The lowest BCUT2D eigenvalue weighted by atomic mass is 10.1. The van der Waals surface area contributed by atoms with Crippen molar-refractivity contribution in [1.82, 2.24) is 29.5 Å². The molecular formula is C22H16N6O. The Morgan fingerprint density at radius 2 is 1.83 bits per heavy atom. The standard InChI is InChI=1S/C22H16N6O/c1-15-14-16(7-11-23-15)27-13-9-21(29)22(26-27)20-8-12-25-28(20)19-6-2-5-18-17(19)4-3-10-24-18/h2-14H,1H3. The highest BCUT2D eigenvalue weighted by Gasteiger charge is 2.15. The molecule has 7 heteroatoms. The second-order valence-electron chi connectivity index (χ2n) is 6.60. The maximum atomic E-state index is 12.7. The molecular weight excluding hydrogens is 364 g/mol. The number of pyridine rings is 2. The van der Waals surface area contributed by atoms with E-state index in [4.69, 9.17) is 0 Å². The molecule has 0 atom stereocenters. The summed E-state index contributed by atoms with van der Waals surface area (Å²) in [5.41, 5.74) is 4.17. The van der Waals surface area contributed by atoms with Gasteiger partial charge in [-0.15, -0.1) is 0 Å². The van der Waals surface area contributed by atoms with Gasteiger partial charge in [0, 0.05) is 35.7 Å². The predicted molar refractivity (Wildman–Crippen MR) is 110 cm³/mol. The van der Waals surface area contributed by atoms with Gasteiger partial charge in [0.15, 0.2) is 5.69 Å². The Balaban J connectivity index is 1.70. The number of aromatic nitrogens is 6. The first-order valence-electron chi connectivity index (χ1n) is 9.12. The van der Waals surface area contributed by atoms with Crippen molar-refractivity contribution in [3.63, 3.8) is 0 Å². The van der Waals surface area contributed by atoms with E-state index in [1.54, 1.807) is 40.2 Å². The van der Waals surface area contributed by atoms with Crippen molar-refractivity contribution in [2.24, 2.45) is 0 Å². The fraction of sp³-hybridized carbons (Fsp3) is 0.0455. The maximum absolute atomic E-state index is 12.7. The molecule has 5 rings (SSSR count). The molecule has 0 N–H and O–H groups in total. The minimum absolute atomic E-state index is 0.174. The average Bonchev–Trinajstić information content (AvgIpc) is 3.23. The van der Waals surface area contributed by atoms with Crippen LogP contribution in [0.1, 0.15) is 5.69 Å². The zero-order chi connectivity index (χ0) is 19.8. The van der Waals surface area contributed by atoms with Crippen LogP contribution in [0, 0.1) is 6.92 Å². The summed E-state index contributed by atoms with van der Waals surface area (Å²) in [7, 11) is 0. The van der Waals surface area contributed by atoms with Gasteiger partial charge >= 0.3 is 0 Å². The van der Waals surface area contributed by atoms with Gasteiger partial charge in [0.2, 0.25) is 5.43 Å². The third-order valence-electron chi connectivity index (χ3n) is 4.69. The van der Waals surface area contributed by atoms with Gasteiger partial charge in [-0.3, -0.25) is 14.8 Å². The van der Waals surface area contributed by atoms with Crippen LogP contribution in [-0.2, 0) is 0 Å². The number of benzene rings is 1. The van der Waals surface area contributed by atoms with E-state index in [0.29, 0.717) is 11.4 Å². The van der Waals surface area contributed by atoms with E-state index in [9.17, 15) is 4.79 Å². The molecule has 4 aromatic heterocycles. The van der Waals surface area contributed by atoms with Crippen LogP contribution in [-0.4, -0.2) is 29.5 Å². The molecule has 0 fully saturated rings. The van der Waals surface area contributed by atoms with Crippen LogP contribution < -0.4 is 5.43 Å². The van der Waals surface area contributed by atoms with E-state index in [1.807, 2.05) is 49.4 Å². The van der Waals surface area contributed by atoms with Crippen molar-refractivity contribution < 1.29 is 0 Å². The maximum Gasteiger partial charge on any atom is 0.209 e. The molecule has 5 aromatic rings. The summed E-state index contributed by atoms with van der Waals surface area (Å²) in [4.78, 5) is 21.3. The van der Waals surface area contributed by atoms with Gasteiger partial charge in [-0.05, 0) is 49.4 Å². The summed E-state index contributed by atoms with van der Waals surface area (Å²) in [6.45, 7) is 1.91. The van der Waals surface area contributed by atoms with Crippen molar-refractivity contribution in [2.75, 3.05) is 0 Å². The van der Waals surface area contributed by atoms with Crippen molar-refractivity contribution in [2.45, 2.75) is 6.92 Å². The molecule has 0 unspecified atom stereocenters. The highest BCUT2D eigenvalue weighted by molar-refractivity contribution is 5.87. The lowest BCUT2D eigenvalue weighted by molar-refractivity contribution is 0.821. The van der Waals surface area contributed by atoms with Crippen LogP contribution in [0.15, 0.2) is 84.2 Å². The van der Waals surface area contributed by atoms with E-state index in [1.165, 1.54) is 6.07 Å². The van der Waals surface area contributed by atoms with Gasteiger partial charge in [0.05, 0.1) is 28.8 Å². The Bertz CT molecular complexity index is 1400. The molecule has 0 aliphatic heterocycles. The molecule has 0 saturated carbocycles. The predicted octanol–water partition coefficient (Wildman–Crippen LogP) is 3.34. The molecule has 1 aromatic carbocycles. The van der Waals surface area contributed by atoms with E-state index >= 15 is 0 Å². The molecule has 0 aliphatic carbocycles. The molecule has 0 bridgehead atoms. The highest BCUT2D eigenvalue weighted by atomic mass is 16.1. The second kappa shape index (κ2) is 6.79. The summed E-state index contributed by atoms with van der Waals surface area (Å²) < 4.78 is 3.41. The lowest BCUT2D eigenvalue weighted by Gasteiger charge is -2.11. The number of rotatable bonds is 3. The lowest BCUT2D eigenvalue weighted by Crippen LogP contribution is -2.15. The van der Waals surface area contributed by atoms with Gasteiger partial charge in [-0.2, -0.15) is 10.2 Å². The first-order chi connectivity index (χ1) is 14.2. The van der Waals surface area contributed by atoms with Crippen LogP contribution in [0.5, 0.6) is 0 Å². The Morgan fingerprint density at radius 3 is 2.72 bits per heavy atom. The second-order valence-corrected chi connectivity index (χ2v) is 6.60. The summed E-state index contributed by atoms with van der Waals surface area (Å²) in [6, 6.07) is 16.8. The Labute approximate surface area is 165 Å². The van der Waals surface area contributed by atoms with Crippen LogP contribution >= 0.6 is 0 Å². The fourth-order valence-corrected chi connectivity index (χ4v) is 3.35. The first-order valence-corrected chi connectivity index (χ1v) is 9.12. The van der Waals surface area contributed by atoms with E-state index in [-0.39, 0.29) is 5.43 Å². The molecule has 4 heterocycles. The highest BCUT2D eigenvalue weighted by Crippen LogP contribution is 2.24. The number of fused-ring (bicyclic) bond motifs is 1. The van der Waals surface area contributed by atoms with Crippen molar-refractivity contribution in [3.05, 3.63) is 95.3 Å². The minimum atomic E-state index is -0.174. The summed E-state index contributed by atoms with van der Waals surface area (Å²) >= 11 is 0. The molecule has 140 valence electrons. The SMILES string of the molecule is Cc1cc(-n2ccc(=O)c(-c3ccnn3-c3cccc4ncccc34)n2)ccn1. The zero-order valence-electron chi connectivity index (χ0n) is 15.6. The molecule has 29 heavy (non-hydrogen) atoms. The van der Waals surface area contributed by atoms with Crippen LogP contribution in [0.4, 0.5) is 0 Å². The normalized spacial score (nSPS) is 11.1. The first kappa shape index (κ1) is 17.0. The number of hydrogen-bond acceptors (Lipinski definition) is 5.